The fourth-order valence-electron chi connectivity index (χ4n) is 5.71. The summed E-state index contributed by atoms with van der Waals surface area (Å²) in [5.74, 6) is -2.10. The Balaban J connectivity index is 0.00000282. The smallest absolute Gasteiger partial charge is 0.744 e. The number of anilines is 3. The van der Waals surface area contributed by atoms with Gasteiger partial charge in [0.25, 0.3) is 22.2 Å². The molecule has 7 aromatic rings. The summed E-state index contributed by atoms with van der Waals surface area (Å²) in [6.45, 7) is 0. The quantitative estimate of drug-likeness (QED) is 0.0311. The van der Waals surface area contributed by atoms with Gasteiger partial charge in [-0.3, -0.25) is 9.59 Å². The topological polar surface area (TPSA) is 278 Å². The van der Waals surface area contributed by atoms with E-state index in [1.165, 1.54) is 78.9 Å². The molecule has 0 spiro atoms. The van der Waals surface area contributed by atoms with E-state index >= 15 is 0 Å². The molecule has 62 heavy (non-hydrogen) atoms. The maximum Gasteiger partial charge on any atom is 1.00 e. The van der Waals surface area contributed by atoms with Crippen molar-refractivity contribution >= 4 is 93.7 Å². The van der Waals surface area contributed by atoms with Crippen LogP contribution in [-0.4, -0.2) is 42.9 Å². The van der Waals surface area contributed by atoms with E-state index in [0.717, 1.165) is 6.07 Å². The molecule has 0 aliphatic carbocycles. The van der Waals surface area contributed by atoms with Crippen molar-refractivity contribution in [3.05, 3.63) is 145 Å². The molecule has 0 fully saturated rings. The number of nitrogens with two attached hydrogens (primary N) is 1. The number of nitrogen functional groups attached to an aromatic ring is 1. The van der Waals surface area contributed by atoms with E-state index in [0.29, 0.717) is 22.3 Å². The van der Waals surface area contributed by atoms with E-state index in [-0.39, 0.29) is 133 Å². The van der Waals surface area contributed by atoms with Crippen LogP contribution in [-0.2, 0) is 20.5 Å². The molecule has 0 aliphatic rings. The molecule has 0 atom stereocenters. The number of amides is 2. The molecule has 7 aromatic carbocycles. The Bertz CT molecular complexity index is 3090. The van der Waals surface area contributed by atoms with Crippen LogP contribution in [0, 0.1) is 6.07 Å². The number of nitrogens with zero attached hydrogens (tertiary/aromatic N) is 4. The Hall–Kier alpha value is -4.58. The third-order valence-corrected chi connectivity index (χ3v) is 9.71. The molecule has 0 aliphatic heterocycles. The molecule has 7 rings (SSSR count). The summed E-state index contributed by atoms with van der Waals surface area (Å²) >= 11 is 0. The monoisotopic (exact) mass is 897 g/mol. The first kappa shape index (κ1) is 50.1. The van der Waals surface area contributed by atoms with Crippen LogP contribution in [0.1, 0.15) is 20.7 Å². The van der Waals surface area contributed by atoms with Gasteiger partial charge in [0.1, 0.15) is 15.8 Å². The Morgan fingerprint density at radius 1 is 0.645 bits per heavy atom. The van der Waals surface area contributed by atoms with Crippen LogP contribution in [0.15, 0.2) is 153 Å². The Morgan fingerprint density at radius 3 is 1.76 bits per heavy atom. The largest absolute Gasteiger partial charge is 1.00 e. The first-order valence-corrected chi connectivity index (χ1v) is 19.7. The number of fused-ring (bicyclic) bond motifs is 2. The average Bonchev–Trinajstić information content (AvgIpc) is 3.20. The van der Waals surface area contributed by atoms with Crippen LogP contribution in [0.5, 0.6) is 11.5 Å². The van der Waals surface area contributed by atoms with Gasteiger partial charge in [-0.15, -0.1) is 10.5 Å². The first-order chi connectivity index (χ1) is 28.1. The molecule has 2 amide bonds. The SMILES string of the molecule is Nc1ccc(C(=O)Nc2ccc3c(O)c(N=Nc4ccc(C(=O)Nc5ccc6c(OS(=O)(=O)[O-])c(N=Nc7ccccc7)[c-]cc6c5)cc4)c(S(=O)(=O)[O-])cc3c2)cc1.[Na+].[Na+].[Na+]. The van der Waals surface area contributed by atoms with E-state index in [2.05, 4.69) is 37.2 Å². The van der Waals surface area contributed by atoms with Gasteiger partial charge in [0, 0.05) is 39.3 Å². The van der Waals surface area contributed by atoms with Crippen molar-refractivity contribution in [2.24, 2.45) is 20.5 Å². The number of rotatable bonds is 11. The van der Waals surface area contributed by atoms with Crippen LogP contribution < -0.4 is 109 Å². The molecule has 296 valence electrons. The van der Waals surface area contributed by atoms with Crippen LogP contribution in [0.25, 0.3) is 21.5 Å². The van der Waals surface area contributed by atoms with E-state index in [4.69, 9.17) is 9.92 Å². The number of benzene rings is 7. The summed E-state index contributed by atoms with van der Waals surface area (Å²) in [6, 6.07) is 34.0. The van der Waals surface area contributed by atoms with Gasteiger partial charge in [-0.25, -0.2) is 16.8 Å². The Morgan fingerprint density at radius 2 is 1.18 bits per heavy atom. The van der Waals surface area contributed by atoms with E-state index < -0.39 is 54.4 Å². The number of carbonyl (C=O) groups excluding carboxylic acids is 2. The van der Waals surface area contributed by atoms with Gasteiger partial charge in [0.15, 0.2) is 5.75 Å². The second kappa shape index (κ2) is 21.2. The minimum atomic E-state index is -5.22. The number of phenolic OH excluding ortho intramolecular Hbond substituents is 1. The van der Waals surface area contributed by atoms with Gasteiger partial charge in [-0.1, -0.05) is 35.7 Å². The third kappa shape index (κ3) is 12.3. The van der Waals surface area contributed by atoms with Gasteiger partial charge in [-0.2, -0.15) is 27.5 Å². The van der Waals surface area contributed by atoms with Crippen molar-refractivity contribution in [1.82, 2.24) is 0 Å². The van der Waals surface area contributed by atoms with Crippen molar-refractivity contribution < 1.29 is 133 Å². The molecule has 0 heterocycles. The number of aromatic hydroxyl groups is 1. The molecule has 0 bridgehead atoms. The van der Waals surface area contributed by atoms with Crippen molar-refractivity contribution in [3.8, 4) is 11.5 Å². The zero-order valence-electron chi connectivity index (χ0n) is 32.9. The molecule has 0 saturated carbocycles. The van der Waals surface area contributed by atoms with E-state index in [1.54, 1.807) is 42.5 Å². The minimum Gasteiger partial charge on any atom is -0.744 e. The molecule has 0 aromatic heterocycles. The summed E-state index contributed by atoms with van der Waals surface area (Å²) in [5.41, 5.74) is 6.95. The normalized spacial score (nSPS) is 11.4. The van der Waals surface area contributed by atoms with Crippen molar-refractivity contribution in [3.63, 3.8) is 0 Å². The number of carbonyl (C=O) groups is 2. The van der Waals surface area contributed by atoms with Gasteiger partial charge in [-0.05, 0) is 96.4 Å². The van der Waals surface area contributed by atoms with Crippen LogP contribution in [0.4, 0.5) is 39.8 Å². The van der Waals surface area contributed by atoms with Crippen LogP contribution in [0.3, 0.4) is 0 Å². The van der Waals surface area contributed by atoms with Gasteiger partial charge < -0.3 is 34.8 Å². The van der Waals surface area contributed by atoms with Gasteiger partial charge in [0.05, 0.1) is 22.0 Å². The number of nitrogens with one attached hydrogen (secondary N) is 2. The molecular formula is C40H26N7Na3O10S2. The van der Waals surface area contributed by atoms with Crippen molar-refractivity contribution in [2.45, 2.75) is 4.90 Å². The second-order valence-corrected chi connectivity index (χ2v) is 14.9. The number of phenols is 1. The molecule has 0 unspecified atom stereocenters. The maximum absolute atomic E-state index is 13.2. The van der Waals surface area contributed by atoms with Gasteiger partial charge in [0.2, 0.25) is 0 Å². The molecule has 0 saturated heterocycles. The van der Waals surface area contributed by atoms with E-state index in [9.17, 15) is 40.6 Å². The summed E-state index contributed by atoms with van der Waals surface area (Å²) in [4.78, 5) is 25.0. The summed E-state index contributed by atoms with van der Waals surface area (Å²) in [7, 11) is -10.4. The fraction of sp³-hybridized carbons (Fsp3) is 0. The number of hydrogen-bond donors (Lipinski definition) is 4. The zero-order valence-corrected chi connectivity index (χ0v) is 40.6. The summed E-state index contributed by atoms with van der Waals surface area (Å²) < 4.78 is 76.3. The second-order valence-electron chi connectivity index (χ2n) is 12.5. The average molecular weight is 898 g/mol. The fourth-order valence-corrected chi connectivity index (χ4v) is 6.73. The molecule has 17 nitrogen and oxygen atoms in total. The maximum atomic E-state index is 13.2. The number of azo groups is 2. The third-order valence-electron chi connectivity index (χ3n) is 8.49. The first-order valence-electron chi connectivity index (χ1n) is 17.0. The summed E-state index contributed by atoms with van der Waals surface area (Å²) in [5, 5.41) is 33.0. The van der Waals surface area contributed by atoms with Crippen molar-refractivity contribution in [2.75, 3.05) is 16.4 Å². The zero-order chi connectivity index (χ0) is 41.9. The van der Waals surface area contributed by atoms with Crippen molar-refractivity contribution in [1.29, 1.82) is 0 Å². The van der Waals surface area contributed by atoms with Crippen LogP contribution in [0.2, 0.25) is 0 Å². The number of hydrogen-bond acceptors (Lipinski definition) is 15. The standard InChI is InChI=1S/C40H28N7O10S2.3Na/c41-27-11-6-23(7-12-27)39(49)43-31-15-17-32-26(21-31)22-35(58(51,52)53)36(37(32)48)47-45-29-13-8-24(9-14-29)40(50)42-30-16-18-33-25(20-30)10-19-34(38(33)57-59(54,55)56)46-44-28-4-2-1-3-5-28;;;/h1-18,20-22,48H,41H2,(H,42,50)(H,43,49)(H,51,52,53)(H,54,55,56);;;/q-1;3*+1/p-2. The predicted octanol–water partition coefficient (Wildman–Crippen LogP) is -0.829. The molecule has 22 heteroatoms. The van der Waals surface area contributed by atoms with Crippen LogP contribution >= 0.6 is 0 Å². The molecular weight excluding hydrogens is 872 g/mol. The minimum absolute atomic E-state index is 0. The molecule has 5 N–H and O–H groups in total. The van der Waals surface area contributed by atoms with Gasteiger partial charge >= 0.3 is 88.7 Å². The Kier molecular flexibility index (Phi) is 17.1. The Labute approximate surface area is 420 Å². The molecule has 0 radical (unpaired) electrons. The summed E-state index contributed by atoms with van der Waals surface area (Å²) in [6.07, 6.45) is 0. The predicted molar refractivity (Wildman–Crippen MR) is 215 cm³/mol. The van der Waals surface area contributed by atoms with E-state index in [1.807, 2.05) is 0 Å².